The highest BCUT2D eigenvalue weighted by atomic mass is 35.5. The lowest BCUT2D eigenvalue weighted by molar-refractivity contribution is 1.27. The molecule has 0 aliphatic carbocycles. The van der Waals surface area contributed by atoms with Gasteiger partial charge in [-0.05, 0) is 6.92 Å². The van der Waals surface area contributed by atoms with Crippen LogP contribution in [0.2, 0.25) is 0 Å². The van der Waals surface area contributed by atoms with Gasteiger partial charge in [-0.25, -0.2) is 4.99 Å². The second-order valence-corrected chi connectivity index (χ2v) is 2.69. The molecule has 0 saturated carbocycles. The van der Waals surface area contributed by atoms with Crippen molar-refractivity contribution in [2.24, 2.45) is 15.7 Å². The summed E-state index contributed by atoms with van der Waals surface area (Å²) in [7, 11) is 0. The summed E-state index contributed by atoms with van der Waals surface area (Å²) in [6, 6.07) is 0. The van der Waals surface area contributed by atoms with Crippen molar-refractivity contribution in [1.29, 1.82) is 0 Å². The minimum Gasteiger partial charge on any atom is -0.388 e. The first-order valence-corrected chi connectivity index (χ1v) is 3.62. The van der Waals surface area contributed by atoms with Crippen LogP contribution in [0.1, 0.15) is 6.92 Å². The van der Waals surface area contributed by atoms with Gasteiger partial charge in [-0.15, -0.1) is 0 Å². The molecular formula is C6H9Cl2N3. The first-order valence-electron chi connectivity index (χ1n) is 2.86. The lowest BCUT2D eigenvalue weighted by Gasteiger charge is -1.92. The molecule has 0 aliphatic heterocycles. The topological polar surface area (TPSA) is 50.7 Å². The molecule has 5 heteroatoms. The zero-order valence-electron chi connectivity index (χ0n) is 6.14. The summed E-state index contributed by atoms with van der Waals surface area (Å²) < 4.78 is 0. The molecule has 62 valence electrons. The van der Waals surface area contributed by atoms with E-state index < -0.39 is 0 Å². The number of nitrogens with zero attached hydrogens (tertiary/aromatic N) is 2. The number of aliphatic imine (C=N–C) groups is 2. The van der Waals surface area contributed by atoms with Gasteiger partial charge in [0, 0.05) is 0 Å². The number of hydrogen-bond donors (Lipinski definition) is 1. The minimum absolute atomic E-state index is 0.139. The van der Waals surface area contributed by atoms with Crippen molar-refractivity contribution in [1.82, 2.24) is 0 Å². The van der Waals surface area contributed by atoms with Crippen LogP contribution in [0.3, 0.4) is 0 Å². The van der Waals surface area contributed by atoms with Crippen LogP contribution < -0.4 is 5.73 Å². The summed E-state index contributed by atoms with van der Waals surface area (Å²) in [6.07, 6.45) is 0. The number of amidine groups is 1. The molecule has 0 radical (unpaired) electrons. The monoisotopic (exact) mass is 193 g/mol. The lowest BCUT2D eigenvalue weighted by Crippen LogP contribution is -2.07. The predicted octanol–water partition coefficient (Wildman–Crippen LogP) is 1.71. The molecule has 0 aromatic carbocycles. The Kier molecular flexibility index (Phi) is 4.90. The average molecular weight is 194 g/mol. The van der Waals surface area contributed by atoms with Gasteiger partial charge in [0.25, 0.3) is 0 Å². The zero-order valence-corrected chi connectivity index (χ0v) is 7.65. The van der Waals surface area contributed by atoms with Crippen LogP contribution in [0.5, 0.6) is 0 Å². The SMILES string of the molecule is C=C(Cl)/N=C(/Cl)C/N=C(/C)N. The zero-order chi connectivity index (χ0) is 8.85. The van der Waals surface area contributed by atoms with Crippen molar-refractivity contribution in [3.63, 3.8) is 0 Å². The molecule has 0 fully saturated rings. The maximum Gasteiger partial charge on any atom is 0.129 e. The Morgan fingerprint density at radius 1 is 1.55 bits per heavy atom. The van der Waals surface area contributed by atoms with Gasteiger partial charge < -0.3 is 5.73 Å². The number of rotatable bonds is 3. The Labute approximate surface area is 75.6 Å². The molecule has 0 atom stereocenters. The molecule has 3 nitrogen and oxygen atoms in total. The molecule has 0 amide bonds. The molecule has 0 aromatic heterocycles. The largest absolute Gasteiger partial charge is 0.388 e. The summed E-state index contributed by atoms with van der Waals surface area (Å²) in [6.45, 7) is 5.25. The predicted molar refractivity (Wildman–Crippen MR) is 50.4 cm³/mol. The highest BCUT2D eigenvalue weighted by Crippen LogP contribution is 2.00. The van der Waals surface area contributed by atoms with Crippen LogP contribution in [-0.4, -0.2) is 17.6 Å². The molecule has 0 aliphatic rings. The van der Waals surface area contributed by atoms with E-state index in [1.165, 1.54) is 0 Å². The van der Waals surface area contributed by atoms with Crippen molar-refractivity contribution in [2.75, 3.05) is 6.54 Å². The third kappa shape index (κ3) is 7.36. The number of hydrogen-bond acceptors (Lipinski definition) is 2. The highest BCUT2D eigenvalue weighted by Gasteiger charge is 1.91. The summed E-state index contributed by atoms with van der Waals surface area (Å²) in [5.41, 5.74) is 5.25. The van der Waals surface area contributed by atoms with Crippen molar-refractivity contribution >= 4 is 34.2 Å². The van der Waals surface area contributed by atoms with Gasteiger partial charge >= 0.3 is 0 Å². The second kappa shape index (κ2) is 5.16. The van der Waals surface area contributed by atoms with Gasteiger partial charge in [0.05, 0.1) is 12.4 Å². The van der Waals surface area contributed by atoms with E-state index in [0.717, 1.165) is 0 Å². The number of nitrogens with two attached hydrogens (primary N) is 1. The first kappa shape index (κ1) is 10.5. The lowest BCUT2D eigenvalue weighted by atomic mass is 10.6. The quantitative estimate of drug-likeness (QED) is 0.415. The van der Waals surface area contributed by atoms with Crippen LogP contribution in [-0.2, 0) is 0 Å². The molecule has 0 unspecified atom stereocenters. The van der Waals surface area contributed by atoms with Gasteiger partial charge in [0.2, 0.25) is 0 Å². The van der Waals surface area contributed by atoms with E-state index in [1.54, 1.807) is 6.92 Å². The van der Waals surface area contributed by atoms with E-state index in [-0.39, 0.29) is 16.9 Å². The van der Waals surface area contributed by atoms with Gasteiger partial charge in [-0.1, -0.05) is 29.8 Å². The van der Waals surface area contributed by atoms with E-state index in [2.05, 4.69) is 16.6 Å². The van der Waals surface area contributed by atoms with Gasteiger partial charge in [0.15, 0.2) is 0 Å². The van der Waals surface area contributed by atoms with Gasteiger partial charge in [-0.3, -0.25) is 4.99 Å². The summed E-state index contributed by atoms with van der Waals surface area (Å²) >= 11 is 10.9. The summed E-state index contributed by atoms with van der Waals surface area (Å²) in [5, 5.41) is 0.412. The van der Waals surface area contributed by atoms with E-state index in [9.17, 15) is 0 Å². The third-order valence-electron chi connectivity index (χ3n) is 0.702. The van der Waals surface area contributed by atoms with Crippen LogP contribution in [0.15, 0.2) is 21.7 Å². The van der Waals surface area contributed by atoms with E-state index in [0.29, 0.717) is 5.84 Å². The molecule has 0 heterocycles. The third-order valence-corrected chi connectivity index (χ3v) is 0.990. The maximum absolute atomic E-state index is 5.56. The van der Waals surface area contributed by atoms with E-state index in [4.69, 9.17) is 28.9 Å². The fourth-order valence-electron chi connectivity index (χ4n) is 0.357. The van der Waals surface area contributed by atoms with Gasteiger partial charge in [-0.2, -0.15) is 0 Å². The van der Waals surface area contributed by atoms with Crippen molar-refractivity contribution in [3.05, 3.63) is 11.7 Å². The number of halogens is 2. The normalized spacial score (nSPS) is 13.4. The summed E-state index contributed by atoms with van der Waals surface area (Å²) in [4.78, 5) is 7.45. The van der Waals surface area contributed by atoms with Crippen molar-refractivity contribution in [2.45, 2.75) is 6.92 Å². The van der Waals surface area contributed by atoms with Crippen molar-refractivity contribution in [3.8, 4) is 0 Å². The van der Waals surface area contributed by atoms with E-state index in [1.807, 2.05) is 0 Å². The molecule has 0 bridgehead atoms. The molecule has 0 spiro atoms. The molecule has 11 heavy (non-hydrogen) atoms. The average Bonchev–Trinajstić information content (AvgIpc) is 1.82. The van der Waals surface area contributed by atoms with Crippen LogP contribution in [0.4, 0.5) is 0 Å². The first-order chi connectivity index (χ1) is 5.02. The van der Waals surface area contributed by atoms with Gasteiger partial charge in [0.1, 0.15) is 10.3 Å². The molecule has 2 N–H and O–H groups in total. The molecular weight excluding hydrogens is 185 g/mol. The highest BCUT2D eigenvalue weighted by molar-refractivity contribution is 6.66. The van der Waals surface area contributed by atoms with E-state index >= 15 is 0 Å². The molecule has 0 saturated heterocycles. The Bertz CT molecular complexity index is 204. The fourth-order valence-corrected chi connectivity index (χ4v) is 0.664. The Balaban J connectivity index is 3.97. The maximum atomic E-state index is 5.56. The Morgan fingerprint density at radius 2 is 2.09 bits per heavy atom. The van der Waals surface area contributed by atoms with Crippen LogP contribution >= 0.6 is 23.2 Å². The Morgan fingerprint density at radius 3 is 2.45 bits per heavy atom. The molecule has 0 rings (SSSR count). The minimum atomic E-state index is 0.139. The van der Waals surface area contributed by atoms with Crippen LogP contribution in [0.25, 0.3) is 0 Å². The summed E-state index contributed by atoms with van der Waals surface area (Å²) in [5.74, 6) is 0.457. The van der Waals surface area contributed by atoms with Crippen LogP contribution in [0, 0.1) is 0 Å². The standard InChI is InChI=1S/C6H9Cl2N3/c1-4(7)11-6(8)3-10-5(2)9/h1,3H2,2H3,(H2,9,10)/b11-6+. The molecule has 0 aromatic rings. The van der Waals surface area contributed by atoms with Crippen molar-refractivity contribution < 1.29 is 0 Å². The smallest absolute Gasteiger partial charge is 0.129 e. The fraction of sp³-hybridized carbons (Fsp3) is 0.333. The second-order valence-electron chi connectivity index (χ2n) is 1.82. The Hall–Kier alpha value is -0.540.